The van der Waals surface area contributed by atoms with E-state index in [4.69, 9.17) is 0 Å². The number of aryl methyl sites for hydroxylation is 1. The number of sulfonamides is 1. The molecule has 0 atom stereocenters. The Bertz CT molecular complexity index is 902. The highest BCUT2D eigenvalue weighted by atomic mass is 32.2. The van der Waals surface area contributed by atoms with Gasteiger partial charge in [-0.25, -0.2) is 12.7 Å². The molecular weight excluding hydrogens is 314 g/mol. The van der Waals surface area contributed by atoms with Gasteiger partial charge >= 0.3 is 0 Å². The van der Waals surface area contributed by atoms with Crippen molar-refractivity contribution in [2.24, 2.45) is 0 Å². The van der Waals surface area contributed by atoms with Crippen molar-refractivity contribution in [1.82, 2.24) is 4.31 Å². The van der Waals surface area contributed by atoms with Crippen LogP contribution in [0.2, 0.25) is 0 Å². The minimum absolute atomic E-state index is 0.268. The van der Waals surface area contributed by atoms with Gasteiger partial charge in [0.05, 0.1) is 5.75 Å². The maximum Gasteiger partial charge on any atom is 0.268 e. The Kier molecular flexibility index (Phi) is 3.77. The number of Topliss-reactive ketones (excluding diaryl/α,β-unsaturated/α-hetero) is 1. The third kappa shape index (κ3) is 2.77. The highest BCUT2D eigenvalue weighted by molar-refractivity contribution is 7.89. The summed E-state index contributed by atoms with van der Waals surface area (Å²) in [5, 5.41) is 0. The molecule has 0 saturated heterocycles. The fraction of sp³-hybridized carbons (Fsp3) is 0.176. The number of ketones is 1. The summed E-state index contributed by atoms with van der Waals surface area (Å²) in [7, 11) is -3.84. The molecule has 1 aliphatic rings. The van der Waals surface area contributed by atoms with Crippen molar-refractivity contribution in [3.8, 4) is 0 Å². The first-order chi connectivity index (χ1) is 10.9. The predicted octanol–water partition coefficient (Wildman–Crippen LogP) is 2.16. The van der Waals surface area contributed by atoms with Gasteiger partial charge < -0.3 is 0 Å². The summed E-state index contributed by atoms with van der Waals surface area (Å²) in [5.41, 5.74) is 1.98. The molecule has 6 heteroatoms. The van der Waals surface area contributed by atoms with E-state index in [1.165, 1.54) is 0 Å². The van der Waals surface area contributed by atoms with Gasteiger partial charge in [-0.3, -0.25) is 9.59 Å². The first-order valence-corrected chi connectivity index (χ1v) is 8.72. The van der Waals surface area contributed by atoms with E-state index in [1.807, 2.05) is 0 Å². The maximum absolute atomic E-state index is 12.5. The van der Waals surface area contributed by atoms with Crippen LogP contribution in [0.1, 0.15) is 31.8 Å². The molecule has 0 fully saturated rings. The van der Waals surface area contributed by atoms with E-state index in [0.717, 1.165) is 5.56 Å². The molecular formula is C17H15NO4S. The Balaban J connectivity index is 1.95. The molecule has 5 nitrogen and oxygen atoms in total. The third-order valence-electron chi connectivity index (χ3n) is 3.88. The Hall–Kier alpha value is -2.47. The Morgan fingerprint density at radius 2 is 1.74 bits per heavy atom. The third-order valence-corrected chi connectivity index (χ3v) is 5.52. The summed E-state index contributed by atoms with van der Waals surface area (Å²) in [6.45, 7) is 1.30. The van der Waals surface area contributed by atoms with Crippen LogP contribution in [0.4, 0.5) is 0 Å². The summed E-state index contributed by atoms with van der Waals surface area (Å²) in [4.78, 5) is 24.9. The van der Waals surface area contributed by atoms with E-state index in [-0.39, 0.29) is 11.5 Å². The molecule has 2 aromatic carbocycles. The van der Waals surface area contributed by atoms with Crippen LogP contribution in [-0.2, 0) is 15.8 Å². The van der Waals surface area contributed by atoms with Crippen LogP contribution in [0.25, 0.3) is 0 Å². The Morgan fingerprint density at radius 1 is 1.09 bits per heavy atom. The summed E-state index contributed by atoms with van der Waals surface area (Å²) in [5.74, 6) is -1.30. The first kappa shape index (κ1) is 15.4. The first-order valence-electron chi connectivity index (χ1n) is 7.11. The summed E-state index contributed by atoms with van der Waals surface area (Å²) >= 11 is 0. The highest BCUT2D eigenvalue weighted by Gasteiger charge is 2.37. The van der Waals surface area contributed by atoms with E-state index in [1.54, 1.807) is 55.5 Å². The number of amides is 1. The molecule has 2 aromatic rings. The van der Waals surface area contributed by atoms with Gasteiger partial charge in [-0.2, -0.15) is 0 Å². The van der Waals surface area contributed by atoms with Gasteiger partial charge in [0.1, 0.15) is 6.54 Å². The molecule has 0 spiro atoms. The minimum Gasteiger partial charge on any atom is -0.292 e. The Labute approximate surface area is 134 Å². The second kappa shape index (κ2) is 5.62. The van der Waals surface area contributed by atoms with Gasteiger partial charge in [-0.1, -0.05) is 42.5 Å². The number of benzene rings is 2. The lowest BCUT2D eigenvalue weighted by Gasteiger charge is -2.27. The molecule has 0 N–H and O–H groups in total. The monoisotopic (exact) mass is 329 g/mol. The van der Waals surface area contributed by atoms with Crippen molar-refractivity contribution in [3.05, 3.63) is 70.8 Å². The summed E-state index contributed by atoms with van der Waals surface area (Å²) in [6, 6.07) is 13.5. The van der Waals surface area contributed by atoms with Gasteiger partial charge in [-0.05, 0) is 24.1 Å². The van der Waals surface area contributed by atoms with E-state index in [2.05, 4.69) is 0 Å². The molecule has 118 valence electrons. The zero-order chi connectivity index (χ0) is 16.6. The normalized spacial score (nSPS) is 16.0. The Morgan fingerprint density at radius 3 is 2.48 bits per heavy atom. The zero-order valence-electron chi connectivity index (χ0n) is 12.5. The minimum atomic E-state index is -3.84. The lowest BCUT2D eigenvalue weighted by Crippen LogP contribution is -2.44. The zero-order valence-corrected chi connectivity index (χ0v) is 13.3. The smallest absolute Gasteiger partial charge is 0.268 e. The second-order valence-corrected chi connectivity index (χ2v) is 7.36. The molecule has 1 aliphatic heterocycles. The molecule has 1 amide bonds. The number of nitrogens with zero attached hydrogens (tertiary/aromatic N) is 1. The molecule has 23 heavy (non-hydrogen) atoms. The number of fused-ring (bicyclic) bond motifs is 1. The van der Waals surface area contributed by atoms with Crippen LogP contribution >= 0.6 is 0 Å². The van der Waals surface area contributed by atoms with Gasteiger partial charge in [0, 0.05) is 11.1 Å². The molecule has 0 bridgehead atoms. The highest BCUT2D eigenvalue weighted by Crippen LogP contribution is 2.25. The van der Waals surface area contributed by atoms with Gasteiger partial charge in [0.25, 0.3) is 5.91 Å². The molecule has 1 heterocycles. The molecule has 0 saturated carbocycles. The average molecular weight is 329 g/mol. The number of rotatable bonds is 3. The maximum atomic E-state index is 12.5. The van der Waals surface area contributed by atoms with Crippen LogP contribution < -0.4 is 0 Å². The molecule has 0 aliphatic carbocycles. The standard InChI is InChI=1S/C17H15NO4S/c1-12-6-2-4-8-14(12)16(19)10-18-17(20)15-9-5-3-7-13(15)11-23(18,21)22/h2-9H,10-11H2,1H3. The summed E-state index contributed by atoms with van der Waals surface area (Å²) in [6.07, 6.45) is 0. The molecule has 0 aromatic heterocycles. The molecule has 0 radical (unpaired) electrons. The fourth-order valence-electron chi connectivity index (χ4n) is 2.66. The summed E-state index contributed by atoms with van der Waals surface area (Å²) < 4.78 is 25.4. The van der Waals surface area contributed by atoms with Gasteiger partial charge in [-0.15, -0.1) is 0 Å². The lowest BCUT2D eigenvalue weighted by molar-refractivity contribution is 0.0806. The lowest BCUT2D eigenvalue weighted by atomic mass is 10.0. The quantitative estimate of drug-likeness (QED) is 0.809. The number of carbonyl (C=O) groups is 2. The largest absolute Gasteiger partial charge is 0.292 e. The van der Waals surface area contributed by atoms with Crippen LogP contribution in [0, 0.1) is 6.92 Å². The fourth-order valence-corrected chi connectivity index (χ4v) is 4.13. The van der Waals surface area contributed by atoms with Crippen molar-refractivity contribution in [2.45, 2.75) is 12.7 Å². The van der Waals surface area contributed by atoms with Crippen LogP contribution in [0.3, 0.4) is 0 Å². The average Bonchev–Trinajstić information content (AvgIpc) is 2.51. The van der Waals surface area contributed by atoms with Crippen molar-refractivity contribution >= 4 is 21.7 Å². The molecule has 0 unspecified atom stereocenters. The van der Waals surface area contributed by atoms with E-state index in [0.29, 0.717) is 21.0 Å². The van der Waals surface area contributed by atoms with Crippen molar-refractivity contribution in [1.29, 1.82) is 0 Å². The SMILES string of the molecule is Cc1ccccc1C(=O)CN1C(=O)c2ccccc2CS1(=O)=O. The van der Waals surface area contributed by atoms with Crippen molar-refractivity contribution < 1.29 is 18.0 Å². The van der Waals surface area contributed by atoms with Crippen LogP contribution in [-0.4, -0.2) is 31.0 Å². The van der Waals surface area contributed by atoms with Crippen LogP contribution in [0.15, 0.2) is 48.5 Å². The van der Waals surface area contributed by atoms with Gasteiger partial charge in [0.15, 0.2) is 5.78 Å². The van der Waals surface area contributed by atoms with Gasteiger partial charge in [0.2, 0.25) is 10.0 Å². The second-order valence-electron chi connectivity index (χ2n) is 5.46. The number of carbonyl (C=O) groups excluding carboxylic acids is 2. The number of hydrogen-bond acceptors (Lipinski definition) is 4. The van der Waals surface area contributed by atoms with E-state index >= 15 is 0 Å². The topological polar surface area (TPSA) is 71.5 Å². The van der Waals surface area contributed by atoms with E-state index in [9.17, 15) is 18.0 Å². The number of hydrogen-bond donors (Lipinski definition) is 0. The van der Waals surface area contributed by atoms with Crippen molar-refractivity contribution in [3.63, 3.8) is 0 Å². The van der Waals surface area contributed by atoms with Crippen molar-refractivity contribution in [2.75, 3.05) is 6.54 Å². The van der Waals surface area contributed by atoms with Crippen LogP contribution in [0.5, 0.6) is 0 Å². The predicted molar refractivity (Wildman–Crippen MR) is 85.6 cm³/mol. The van der Waals surface area contributed by atoms with E-state index < -0.39 is 22.5 Å². The molecule has 3 rings (SSSR count).